The van der Waals surface area contributed by atoms with E-state index in [1.807, 2.05) is 0 Å². The number of hydrogen-bond acceptors (Lipinski definition) is 5. The zero-order valence-electron chi connectivity index (χ0n) is 12.6. The monoisotopic (exact) mass is 332 g/mol. The molecule has 2 rings (SSSR count). The Hall–Kier alpha value is -2.41. The molecule has 0 radical (unpaired) electrons. The van der Waals surface area contributed by atoms with Gasteiger partial charge >= 0.3 is 5.97 Å². The summed E-state index contributed by atoms with van der Waals surface area (Å²) in [5, 5.41) is 8.65. The second kappa shape index (κ2) is 7.23. The van der Waals surface area contributed by atoms with Gasteiger partial charge in [-0.1, -0.05) is 17.8 Å². The van der Waals surface area contributed by atoms with Crippen molar-refractivity contribution in [1.82, 2.24) is 4.90 Å². The third-order valence-electron chi connectivity index (χ3n) is 3.19. The molecule has 1 heterocycles. The van der Waals surface area contributed by atoms with Crippen LogP contribution in [0.4, 0.5) is 5.69 Å². The lowest BCUT2D eigenvalue weighted by molar-refractivity contribution is -0.139. The minimum atomic E-state index is -1.03. The van der Waals surface area contributed by atoms with E-state index in [4.69, 9.17) is 5.11 Å². The van der Waals surface area contributed by atoms with Crippen LogP contribution in [0.5, 0.6) is 0 Å². The van der Waals surface area contributed by atoms with Gasteiger partial charge in [-0.15, -0.1) is 6.58 Å². The number of benzene rings is 1. The molecular formula is C16H16N2O4S. The van der Waals surface area contributed by atoms with Crippen molar-refractivity contribution in [2.45, 2.75) is 18.6 Å². The van der Waals surface area contributed by atoms with E-state index >= 15 is 0 Å². The molecule has 0 spiro atoms. The zero-order valence-corrected chi connectivity index (χ0v) is 13.4. The number of thioether (sulfide) groups is 1. The molecule has 1 atom stereocenters. The van der Waals surface area contributed by atoms with Crippen LogP contribution in [0.25, 0.3) is 0 Å². The van der Waals surface area contributed by atoms with E-state index in [0.29, 0.717) is 16.4 Å². The van der Waals surface area contributed by atoms with Gasteiger partial charge in [0, 0.05) is 12.1 Å². The van der Waals surface area contributed by atoms with E-state index in [2.05, 4.69) is 11.6 Å². The number of aliphatic carboxylic acids is 1. The highest BCUT2D eigenvalue weighted by Gasteiger charge is 2.38. The number of ketones is 1. The molecule has 23 heavy (non-hydrogen) atoms. The summed E-state index contributed by atoms with van der Waals surface area (Å²) >= 11 is 1.13. The molecule has 0 aromatic heterocycles. The summed E-state index contributed by atoms with van der Waals surface area (Å²) in [6, 6.07) is 6.70. The molecule has 1 fully saturated rings. The van der Waals surface area contributed by atoms with Gasteiger partial charge in [0.05, 0.1) is 12.1 Å². The maximum atomic E-state index is 12.2. The minimum Gasteiger partial charge on any atom is -0.481 e. The van der Waals surface area contributed by atoms with Crippen LogP contribution in [0, 0.1) is 0 Å². The van der Waals surface area contributed by atoms with E-state index in [-0.39, 0.29) is 24.7 Å². The van der Waals surface area contributed by atoms with Crippen LogP contribution in [0.2, 0.25) is 0 Å². The smallest absolute Gasteiger partial charge is 0.305 e. The summed E-state index contributed by atoms with van der Waals surface area (Å²) in [7, 11) is 0. The Morgan fingerprint density at radius 1 is 1.39 bits per heavy atom. The van der Waals surface area contributed by atoms with Gasteiger partial charge in [-0.25, -0.2) is 4.99 Å². The molecule has 120 valence electrons. The topological polar surface area (TPSA) is 87.0 Å². The second-order valence-electron chi connectivity index (χ2n) is 4.94. The number of Topliss-reactive ketones (excluding diaryl/α,β-unsaturated/α-hetero) is 1. The Balaban J connectivity index is 2.27. The summed E-state index contributed by atoms with van der Waals surface area (Å²) in [6.07, 6.45) is 1.31. The lowest BCUT2D eigenvalue weighted by Gasteiger charge is -2.13. The van der Waals surface area contributed by atoms with Crippen molar-refractivity contribution < 1.29 is 19.5 Å². The van der Waals surface area contributed by atoms with Gasteiger partial charge in [0.2, 0.25) is 5.91 Å². The number of carboxylic acid groups (broad SMARTS) is 1. The fraction of sp³-hybridized carbons (Fsp3) is 0.250. The highest BCUT2D eigenvalue weighted by Crippen LogP contribution is 2.31. The molecule has 0 saturated carbocycles. The van der Waals surface area contributed by atoms with E-state index in [1.54, 1.807) is 30.3 Å². The Labute approximate surface area is 137 Å². The van der Waals surface area contributed by atoms with Crippen molar-refractivity contribution in [3.8, 4) is 0 Å². The van der Waals surface area contributed by atoms with Crippen LogP contribution < -0.4 is 0 Å². The summed E-state index contributed by atoms with van der Waals surface area (Å²) in [4.78, 5) is 40.2. The van der Waals surface area contributed by atoms with Gasteiger partial charge in [-0.05, 0) is 31.2 Å². The molecular weight excluding hydrogens is 316 g/mol. The maximum Gasteiger partial charge on any atom is 0.305 e. The highest BCUT2D eigenvalue weighted by molar-refractivity contribution is 8.15. The zero-order chi connectivity index (χ0) is 17.0. The highest BCUT2D eigenvalue weighted by atomic mass is 32.2. The second-order valence-corrected chi connectivity index (χ2v) is 6.11. The Morgan fingerprint density at radius 3 is 2.57 bits per heavy atom. The molecule has 7 heteroatoms. The van der Waals surface area contributed by atoms with Gasteiger partial charge in [0.25, 0.3) is 0 Å². The first-order valence-electron chi connectivity index (χ1n) is 6.92. The molecule has 1 aromatic rings. The maximum absolute atomic E-state index is 12.2. The first kappa shape index (κ1) is 17.0. The summed E-state index contributed by atoms with van der Waals surface area (Å²) in [5.74, 6) is -1.35. The normalized spacial score (nSPS) is 19.2. The fourth-order valence-electron chi connectivity index (χ4n) is 2.06. The van der Waals surface area contributed by atoms with Crippen LogP contribution in [0.15, 0.2) is 41.9 Å². The Morgan fingerprint density at radius 2 is 2.04 bits per heavy atom. The number of hydrogen-bond donors (Lipinski definition) is 1. The molecule has 1 aliphatic heterocycles. The van der Waals surface area contributed by atoms with Crippen molar-refractivity contribution in [1.29, 1.82) is 0 Å². The summed E-state index contributed by atoms with van der Waals surface area (Å²) in [5.41, 5.74) is 1.17. The van der Waals surface area contributed by atoms with Crippen LogP contribution >= 0.6 is 11.8 Å². The molecule has 1 N–H and O–H groups in total. The molecule has 0 unspecified atom stereocenters. The number of aliphatic imine (C=N–C) groups is 1. The predicted octanol–water partition coefficient (Wildman–Crippen LogP) is 2.48. The number of carbonyl (C=O) groups is 3. The lowest BCUT2D eigenvalue weighted by Crippen LogP contribution is -2.32. The minimum absolute atomic E-state index is 0.0376. The number of carboxylic acids is 1. The van der Waals surface area contributed by atoms with Crippen molar-refractivity contribution >= 4 is 40.3 Å². The predicted molar refractivity (Wildman–Crippen MR) is 89.1 cm³/mol. The van der Waals surface area contributed by atoms with Gasteiger partial charge < -0.3 is 5.11 Å². The lowest BCUT2D eigenvalue weighted by atomic mass is 10.1. The third-order valence-corrected chi connectivity index (χ3v) is 4.37. The van der Waals surface area contributed by atoms with Gasteiger partial charge in [-0.3, -0.25) is 19.3 Å². The number of rotatable bonds is 6. The van der Waals surface area contributed by atoms with E-state index < -0.39 is 11.2 Å². The van der Waals surface area contributed by atoms with Crippen LogP contribution in [-0.2, 0) is 9.59 Å². The number of amidine groups is 1. The molecule has 1 aliphatic rings. The van der Waals surface area contributed by atoms with Crippen LogP contribution in [0.3, 0.4) is 0 Å². The van der Waals surface area contributed by atoms with Crippen molar-refractivity contribution in [3.63, 3.8) is 0 Å². The van der Waals surface area contributed by atoms with Crippen molar-refractivity contribution in [2.75, 3.05) is 6.54 Å². The number of amides is 1. The molecule has 6 nitrogen and oxygen atoms in total. The summed E-state index contributed by atoms with van der Waals surface area (Å²) < 4.78 is 0. The van der Waals surface area contributed by atoms with Gasteiger partial charge in [0.15, 0.2) is 11.0 Å². The number of nitrogens with zero attached hydrogens (tertiary/aromatic N) is 2. The molecule has 1 amide bonds. The van der Waals surface area contributed by atoms with E-state index in [1.165, 1.54) is 11.8 Å². The van der Waals surface area contributed by atoms with Gasteiger partial charge in [0.1, 0.15) is 5.25 Å². The van der Waals surface area contributed by atoms with Crippen LogP contribution in [-0.4, -0.2) is 44.6 Å². The molecule has 0 bridgehead atoms. The van der Waals surface area contributed by atoms with E-state index in [9.17, 15) is 14.4 Å². The average Bonchev–Trinajstić information content (AvgIpc) is 2.76. The quantitative estimate of drug-likeness (QED) is 0.639. The average molecular weight is 332 g/mol. The SMILES string of the molecule is C=CCN1C(=O)[C@@H](CC(=O)O)SC1=Nc1ccc(C(C)=O)cc1. The van der Waals surface area contributed by atoms with E-state index in [0.717, 1.165) is 11.8 Å². The first-order chi connectivity index (χ1) is 10.9. The first-order valence-corrected chi connectivity index (χ1v) is 7.80. The van der Waals surface area contributed by atoms with Crippen molar-refractivity contribution in [3.05, 3.63) is 42.5 Å². The Kier molecular flexibility index (Phi) is 5.33. The van der Waals surface area contributed by atoms with Crippen molar-refractivity contribution in [2.24, 2.45) is 4.99 Å². The Bertz CT molecular complexity index is 682. The molecule has 0 aliphatic carbocycles. The fourth-order valence-corrected chi connectivity index (χ4v) is 3.22. The third kappa shape index (κ3) is 4.07. The van der Waals surface area contributed by atoms with Crippen LogP contribution in [0.1, 0.15) is 23.7 Å². The standard InChI is InChI=1S/C16H16N2O4S/c1-3-8-18-15(22)13(9-14(20)21)23-16(18)17-12-6-4-11(5-7-12)10(2)19/h3-7,13H,1,8-9H2,2H3,(H,20,21)/t13-/m1/s1. The summed E-state index contributed by atoms with van der Waals surface area (Å²) in [6.45, 7) is 5.36. The molecule has 1 saturated heterocycles. The van der Waals surface area contributed by atoms with Gasteiger partial charge in [-0.2, -0.15) is 0 Å². The number of carbonyl (C=O) groups excluding carboxylic acids is 2. The largest absolute Gasteiger partial charge is 0.481 e. The molecule has 1 aromatic carbocycles.